The van der Waals surface area contributed by atoms with Crippen molar-refractivity contribution in [2.45, 2.75) is 38.8 Å². The molecule has 2 atom stereocenters. The standard InChI is InChI=1S/C14H16ClFN2O2/c1-3-8(2)17-14(19)12-7-11(18-20-12)13-9(15)5-4-6-10(13)16/h4-6,8,12H,3,7H2,1-2H3,(H,17,19)/t8-,12-/m1/s1. The average Bonchev–Trinajstić information content (AvgIpc) is 2.88. The molecule has 1 aromatic rings. The van der Waals surface area contributed by atoms with Crippen molar-refractivity contribution in [1.29, 1.82) is 0 Å². The highest BCUT2D eigenvalue weighted by molar-refractivity contribution is 6.34. The molecule has 0 saturated carbocycles. The molecule has 1 heterocycles. The lowest BCUT2D eigenvalue weighted by Gasteiger charge is -2.14. The third kappa shape index (κ3) is 3.10. The first-order valence-electron chi connectivity index (χ1n) is 6.50. The lowest BCUT2D eigenvalue weighted by molar-refractivity contribution is -0.131. The Morgan fingerprint density at radius 1 is 1.65 bits per heavy atom. The largest absolute Gasteiger partial charge is 0.382 e. The van der Waals surface area contributed by atoms with Crippen molar-refractivity contribution >= 4 is 23.2 Å². The molecule has 0 radical (unpaired) electrons. The fourth-order valence-electron chi connectivity index (χ4n) is 1.88. The van der Waals surface area contributed by atoms with E-state index in [0.29, 0.717) is 5.71 Å². The average molecular weight is 299 g/mol. The maximum absolute atomic E-state index is 13.8. The number of benzene rings is 1. The molecule has 0 bridgehead atoms. The van der Waals surface area contributed by atoms with Gasteiger partial charge in [0.2, 0.25) is 6.10 Å². The number of nitrogens with zero attached hydrogens (tertiary/aromatic N) is 1. The van der Waals surface area contributed by atoms with E-state index in [1.807, 2.05) is 13.8 Å². The summed E-state index contributed by atoms with van der Waals surface area (Å²) in [6.07, 6.45) is 0.309. The SMILES string of the molecule is CC[C@@H](C)NC(=O)[C@H]1CC(c2c(F)cccc2Cl)=NO1. The molecule has 6 heteroatoms. The highest BCUT2D eigenvalue weighted by Crippen LogP contribution is 2.25. The van der Waals surface area contributed by atoms with Gasteiger partial charge in [-0.2, -0.15) is 0 Å². The first-order valence-corrected chi connectivity index (χ1v) is 6.88. The van der Waals surface area contributed by atoms with Gasteiger partial charge in [0.05, 0.1) is 16.3 Å². The van der Waals surface area contributed by atoms with Crippen LogP contribution in [0.25, 0.3) is 0 Å². The van der Waals surface area contributed by atoms with Gasteiger partial charge in [-0.25, -0.2) is 4.39 Å². The summed E-state index contributed by atoms with van der Waals surface area (Å²) >= 11 is 5.97. The molecule has 108 valence electrons. The van der Waals surface area contributed by atoms with Gasteiger partial charge in [0, 0.05) is 12.5 Å². The van der Waals surface area contributed by atoms with Crippen LogP contribution >= 0.6 is 11.6 Å². The smallest absolute Gasteiger partial charge is 0.264 e. The van der Waals surface area contributed by atoms with Gasteiger partial charge in [0.1, 0.15) is 5.82 Å². The van der Waals surface area contributed by atoms with Crippen LogP contribution in [0.5, 0.6) is 0 Å². The van der Waals surface area contributed by atoms with Crippen LogP contribution in [-0.4, -0.2) is 23.8 Å². The number of oxime groups is 1. The van der Waals surface area contributed by atoms with E-state index >= 15 is 0 Å². The molecule has 0 spiro atoms. The molecule has 2 rings (SSSR count). The summed E-state index contributed by atoms with van der Waals surface area (Å²) in [6.45, 7) is 3.88. The van der Waals surface area contributed by atoms with Gasteiger partial charge in [-0.15, -0.1) is 0 Å². The van der Waals surface area contributed by atoms with Crippen molar-refractivity contribution in [3.8, 4) is 0 Å². The van der Waals surface area contributed by atoms with Crippen LogP contribution in [0.3, 0.4) is 0 Å². The Morgan fingerprint density at radius 3 is 3.05 bits per heavy atom. The van der Waals surface area contributed by atoms with Crippen LogP contribution in [-0.2, 0) is 9.63 Å². The summed E-state index contributed by atoms with van der Waals surface area (Å²) in [5.74, 6) is -0.714. The fraction of sp³-hybridized carbons (Fsp3) is 0.429. The van der Waals surface area contributed by atoms with E-state index < -0.39 is 11.9 Å². The van der Waals surface area contributed by atoms with E-state index in [2.05, 4.69) is 10.5 Å². The Morgan fingerprint density at radius 2 is 2.40 bits per heavy atom. The van der Waals surface area contributed by atoms with Crippen LogP contribution < -0.4 is 5.32 Å². The van der Waals surface area contributed by atoms with E-state index in [1.165, 1.54) is 12.1 Å². The molecular weight excluding hydrogens is 283 g/mol. The molecule has 1 aromatic carbocycles. The normalized spacial score (nSPS) is 19.2. The fourth-order valence-corrected chi connectivity index (χ4v) is 2.15. The van der Waals surface area contributed by atoms with Gasteiger partial charge in [0.25, 0.3) is 5.91 Å². The minimum atomic E-state index is -0.727. The van der Waals surface area contributed by atoms with Gasteiger partial charge < -0.3 is 10.2 Å². The van der Waals surface area contributed by atoms with Crippen molar-refractivity contribution < 1.29 is 14.0 Å². The van der Waals surface area contributed by atoms with Gasteiger partial charge >= 0.3 is 0 Å². The summed E-state index contributed by atoms with van der Waals surface area (Å²) in [4.78, 5) is 17.0. The van der Waals surface area contributed by atoms with Crippen LogP contribution in [0.15, 0.2) is 23.4 Å². The Kier molecular flexibility index (Phi) is 4.60. The van der Waals surface area contributed by atoms with Crippen LogP contribution in [0.2, 0.25) is 5.02 Å². The zero-order valence-electron chi connectivity index (χ0n) is 11.3. The maximum atomic E-state index is 13.8. The van der Waals surface area contributed by atoms with Gasteiger partial charge in [-0.05, 0) is 25.5 Å². The van der Waals surface area contributed by atoms with Crippen LogP contribution in [0.1, 0.15) is 32.3 Å². The number of rotatable bonds is 4. The molecular formula is C14H16ClFN2O2. The maximum Gasteiger partial charge on any atom is 0.264 e. The highest BCUT2D eigenvalue weighted by atomic mass is 35.5. The van der Waals surface area contributed by atoms with Crippen molar-refractivity contribution in [3.05, 3.63) is 34.6 Å². The molecule has 1 aliphatic heterocycles. The molecule has 0 unspecified atom stereocenters. The van der Waals surface area contributed by atoms with Gasteiger partial charge in [-0.1, -0.05) is 29.7 Å². The number of carbonyl (C=O) groups excluding carboxylic acids is 1. The van der Waals surface area contributed by atoms with Crippen molar-refractivity contribution in [3.63, 3.8) is 0 Å². The van der Waals surface area contributed by atoms with E-state index in [0.717, 1.165) is 6.42 Å². The minimum absolute atomic E-state index is 0.0622. The molecule has 0 aliphatic carbocycles. The first kappa shape index (κ1) is 14.8. The molecule has 0 fully saturated rings. The predicted molar refractivity (Wildman–Crippen MR) is 75.3 cm³/mol. The lowest BCUT2D eigenvalue weighted by Crippen LogP contribution is -2.39. The second kappa shape index (κ2) is 6.22. The Labute approximate surface area is 121 Å². The molecule has 4 nitrogen and oxygen atoms in total. The van der Waals surface area contributed by atoms with Crippen LogP contribution in [0.4, 0.5) is 4.39 Å². The minimum Gasteiger partial charge on any atom is -0.382 e. The third-order valence-corrected chi connectivity index (χ3v) is 3.53. The van der Waals surface area contributed by atoms with Crippen molar-refractivity contribution in [1.82, 2.24) is 5.32 Å². The van der Waals surface area contributed by atoms with Crippen molar-refractivity contribution in [2.24, 2.45) is 5.16 Å². The van der Waals surface area contributed by atoms with Crippen LogP contribution in [0, 0.1) is 5.82 Å². The van der Waals surface area contributed by atoms with Gasteiger partial charge in [0.15, 0.2) is 0 Å². The molecule has 0 aromatic heterocycles. The summed E-state index contributed by atoms with van der Waals surface area (Å²) in [7, 11) is 0. The number of nitrogens with one attached hydrogen (secondary N) is 1. The monoisotopic (exact) mass is 298 g/mol. The number of amides is 1. The zero-order chi connectivity index (χ0) is 14.7. The molecule has 1 aliphatic rings. The first-order chi connectivity index (χ1) is 9.52. The second-order valence-electron chi connectivity index (χ2n) is 4.75. The highest BCUT2D eigenvalue weighted by Gasteiger charge is 2.31. The summed E-state index contributed by atoms with van der Waals surface area (Å²) < 4.78 is 13.8. The zero-order valence-corrected chi connectivity index (χ0v) is 12.1. The molecule has 1 amide bonds. The molecule has 20 heavy (non-hydrogen) atoms. The number of carbonyl (C=O) groups is 1. The lowest BCUT2D eigenvalue weighted by atomic mass is 10.0. The van der Waals surface area contributed by atoms with Gasteiger partial charge in [-0.3, -0.25) is 4.79 Å². The van der Waals surface area contributed by atoms with E-state index in [-0.39, 0.29) is 29.0 Å². The Bertz CT molecular complexity index is 528. The predicted octanol–water partition coefficient (Wildman–Crippen LogP) is 2.89. The number of hydrogen-bond donors (Lipinski definition) is 1. The summed E-state index contributed by atoms with van der Waals surface area (Å²) in [5, 5.41) is 6.86. The van der Waals surface area contributed by atoms with E-state index in [9.17, 15) is 9.18 Å². The Balaban J connectivity index is 2.07. The Hall–Kier alpha value is -1.62. The topological polar surface area (TPSA) is 50.7 Å². The summed E-state index contributed by atoms with van der Waals surface area (Å²) in [6, 6.07) is 4.46. The summed E-state index contributed by atoms with van der Waals surface area (Å²) in [5.41, 5.74) is 0.561. The van der Waals surface area contributed by atoms with Crippen molar-refractivity contribution in [2.75, 3.05) is 0 Å². The number of halogens is 2. The quantitative estimate of drug-likeness (QED) is 0.929. The molecule has 0 saturated heterocycles. The second-order valence-corrected chi connectivity index (χ2v) is 5.16. The molecule has 1 N–H and O–H groups in total. The van der Waals surface area contributed by atoms with E-state index in [4.69, 9.17) is 16.4 Å². The number of hydrogen-bond acceptors (Lipinski definition) is 3. The van der Waals surface area contributed by atoms with E-state index in [1.54, 1.807) is 6.07 Å². The third-order valence-electron chi connectivity index (χ3n) is 3.21.